The van der Waals surface area contributed by atoms with Gasteiger partial charge in [-0.25, -0.2) is 4.79 Å². The van der Waals surface area contributed by atoms with Gasteiger partial charge in [0.05, 0.1) is 17.1 Å². The fraction of sp³-hybridized carbons (Fsp3) is 0.364. The van der Waals surface area contributed by atoms with Gasteiger partial charge in [0.2, 0.25) is 5.91 Å². The summed E-state index contributed by atoms with van der Waals surface area (Å²) in [5.41, 5.74) is 2.29. The monoisotopic (exact) mass is 395 g/mol. The molecule has 1 N–H and O–H groups in total. The largest absolute Gasteiger partial charge is 0.486 e. The highest BCUT2D eigenvalue weighted by atomic mass is 16.6. The molecule has 152 valence electrons. The van der Waals surface area contributed by atoms with E-state index >= 15 is 0 Å². The molecule has 1 unspecified atom stereocenters. The van der Waals surface area contributed by atoms with Gasteiger partial charge in [0, 0.05) is 7.05 Å². The lowest BCUT2D eigenvalue weighted by molar-refractivity contribution is -0.122. The van der Waals surface area contributed by atoms with Crippen molar-refractivity contribution in [3.63, 3.8) is 0 Å². The van der Waals surface area contributed by atoms with Crippen LogP contribution in [-0.2, 0) is 18.4 Å². The number of hydrogen-bond acceptors (Lipinski definition) is 4. The number of aromatic nitrogens is 2. The number of para-hydroxylation sites is 2. The predicted octanol–water partition coefficient (Wildman–Crippen LogP) is 2.62. The zero-order valence-corrected chi connectivity index (χ0v) is 16.8. The minimum Gasteiger partial charge on any atom is -0.486 e. The van der Waals surface area contributed by atoms with E-state index in [9.17, 15) is 9.59 Å². The van der Waals surface area contributed by atoms with Crippen molar-refractivity contribution < 1.29 is 14.3 Å². The van der Waals surface area contributed by atoms with E-state index in [0.29, 0.717) is 19.0 Å². The van der Waals surface area contributed by atoms with Crippen LogP contribution in [0.2, 0.25) is 0 Å². The van der Waals surface area contributed by atoms with Gasteiger partial charge < -0.3 is 14.8 Å². The Bertz CT molecular complexity index is 1110. The fourth-order valence-electron chi connectivity index (χ4n) is 3.77. The summed E-state index contributed by atoms with van der Waals surface area (Å²) in [6.07, 6.45) is 0. The molecule has 3 aromatic rings. The van der Waals surface area contributed by atoms with Crippen LogP contribution in [0.1, 0.15) is 25.5 Å². The minimum atomic E-state index is -0.211. The zero-order valence-electron chi connectivity index (χ0n) is 16.8. The van der Waals surface area contributed by atoms with Crippen LogP contribution < -0.4 is 20.5 Å². The van der Waals surface area contributed by atoms with Gasteiger partial charge in [-0.1, -0.05) is 32.0 Å². The summed E-state index contributed by atoms with van der Waals surface area (Å²) < 4.78 is 14.3. The Labute approximate surface area is 168 Å². The molecule has 1 amide bonds. The van der Waals surface area contributed by atoms with Crippen molar-refractivity contribution in [1.29, 1.82) is 0 Å². The van der Waals surface area contributed by atoms with Crippen molar-refractivity contribution in [2.75, 3.05) is 13.2 Å². The molecule has 0 radical (unpaired) electrons. The Balaban J connectivity index is 1.58. The molecule has 7 nitrogen and oxygen atoms in total. The van der Waals surface area contributed by atoms with E-state index in [0.717, 1.165) is 22.3 Å². The average Bonchev–Trinajstić information content (AvgIpc) is 2.96. The molecule has 4 rings (SSSR count). The summed E-state index contributed by atoms with van der Waals surface area (Å²) in [5.74, 6) is 1.36. The lowest BCUT2D eigenvalue weighted by Crippen LogP contribution is -2.36. The third-order valence-electron chi connectivity index (χ3n) is 5.26. The van der Waals surface area contributed by atoms with Gasteiger partial charge in [0.15, 0.2) is 11.5 Å². The third kappa shape index (κ3) is 3.60. The molecular formula is C22H25N3O4. The molecule has 29 heavy (non-hydrogen) atoms. The summed E-state index contributed by atoms with van der Waals surface area (Å²) in [6.45, 7) is 5.11. The van der Waals surface area contributed by atoms with Gasteiger partial charge in [-0.15, -0.1) is 0 Å². The number of nitrogens with zero attached hydrogens (tertiary/aromatic N) is 2. The van der Waals surface area contributed by atoms with Crippen molar-refractivity contribution in [2.45, 2.75) is 26.4 Å². The van der Waals surface area contributed by atoms with E-state index in [4.69, 9.17) is 9.47 Å². The van der Waals surface area contributed by atoms with Crippen molar-refractivity contribution in [2.24, 2.45) is 13.0 Å². The third-order valence-corrected chi connectivity index (χ3v) is 5.26. The molecular weight excluding hydrogens is 370 g/mol. The van der Waals surface area contributed by atoms with E-state index in [2.05, 4.69) is 5.32 Å². The molecule has 7 heteroatoms. The van der Waals surface area contributed by atoms with Gasteiger partial charge in [0.25, 0.3) is 0 Å². The number of benzene rings is 2. The van der Waals surface area contributed by atoms with Gasteiger partial charge in [0.1, 0.15) is 19.8 Å². The number of fused-ring (bicyclic) bond motifs is 2. The number of rotatable bonds is 5. The molecule has 0 saturated heterocycles. The second-order valence-corrected chi connectivity index (χ2v) is 7.61. The van der Waals surface area contributed by atoms with Gasteiger partial charge in [-0.05, 0) is 35.7 Å². The van der Waals surface area contributed by atoms with Crippen LogP contribution in [-0.4, -0.2) is 28.3 Å². The van der Waals surface area contributed by atoms with E-state index in [-0.39, 0.29) is 30.1 Å². The first kappa shape index (κ1) is 19.1. The maximum Gasteiger partial charge on any atom is 0.329 e. The Kier molecular flexibility index (Phi) is 5.05. The standard InChI is InChI=1S/C22H25N3O4/c1-14(2)21(15-8-9-18-19(12-15)29-11-10-28-18)23-20(26)13-25-17-7-5-4-6-16(17)24(3)22(25)27/h4-9,12,14,21H,10-11,13H2,1-3H3,(H,23,26). The Morgan fingerprint density at radius 1 is 1.07 bits per heavy atom. The first-order chi connectivity index (χ1) is 14.0. The van der Waals surface area contributed by atoms with E-state index in [1.54, 1.807) is 11.6 Å². The SMILES string of the molecule is CC(C)C(NC(=O)Cn1c(=O)n(C)c2ccccc21)c1ccc2c(c1)OCCO2. The molecule has 2 aromatic carbocycles. The molecule has 0 fully saturated rings. The lowest BCUT2D eigenvalue weighted by Gasteiger charge is -2.25. The van der Waals surface area contributed by atoms with Crippen molar-refractivity contribution in [1.82, 2.24) is 14.5 Å². The number of ether oxygens (including phenoxy) is 2. The summed E-state index contributed by atoms with van der Waals surface area (Å²) in [4.78, 5) is 25.4. The van der Waals surface area contributed by atoms with E-state index in [1.807, 2.05) is 56.3 Å². The Hall–Kier alpha value is -3.22. The predicted molar refractivity (Wildman–Crippen MR) is 110 cm³/mol. The molecule has 1 aliphatic heterocycles. The number of imidazole rings is 1. The van der Waals surface area contributed by atoms with Crippen LogP contribution in [0.5, 0.6) is 11.5 Å². The summed E-state index contributed by atoms with van der Waals surface area (Å²) in [7, 11) is 1.71. The molecule has 0 spiro atoms. The highest BCUT2D eigenvalue weighted by molar-refractivity contribution is 5.81. The fourth-order valence-corrected chi connectivity index (χ4v) is 3.77. The lowest BCUT2D eigenvalue weighted by atomic mass is 9.95. The van der Waals surface area contributed by atoms with Gasteiger partial charge >= 0.3 is 5.69 Å². The Morgan fingerprint density at radius 2 is 1.76 bits per heavy atom. The smallest absolute Gasteiger partial charge is 0.329 e. The highest BCUT2D eigenvalue weighted by Gasteiger charge is 2.22. The number of aryl methyl sites for hydroxylation is 1. The number of hydrogen-bond donors (Lipinski definition) is 1. The maximum atomic E-state index is 12.9. The van der Waals surface area contributed by atoms with Crippen molar-refractivity contribution in [3.8, 4) is 11.5 Å². The first-order valence-electron chi connectivity index (χ1n) is 9.79. The molecule has 0 bridgehead atoms. The minimum absolute atomic E-state index is 0.0338. The van der Waals surface area contributed by atoms with Gasteiger partial charge in [-0.2, -0.15) is 0 Å². The summed E-state index contributed by atoms with van der Waals surface area (Å²) in [5, 5.41) is 3.08. The van der Waals surface area contributed by atoms with Crippen LogP contribution in [0.25, 0.3) is 11.0 Å². The molecule has 0 saturated carbocycles. The molecule has 1 atom stereocenters. The molecule has 0 aliphatic carbocycles. The number of nitrogens with one attached hydrogen (secondary N) is 1. The summed E-state index contributed by atoms with van der Waals surface area (Å²) >= 11 is 0. The number of amides is 1. The van der Waals surface area contributed by atoms with E-state index < -0.39 is 0 Å². The highest BCUT2D eigenvalue weighted by Crippen LogP contribution is 2.34. The first-order valence-corrected chi connectivity index (χ1v) is 9.79. The Morgan fingerprint density at radius 3 is 2.48 bits per heavy atom. The van der Waals surface area contributed by atoms with Crippen LogP contribution in [0.15, 0.2) is 47.3 Å². The second kappa shape index (κ2) is 7.66. The van der Waals surface area contributed by atoms with Crippen molar-refractivity contribution >= 4 is 16.9 Å². The molecule has 2 heterocycles. The number of carbonyl (C=O) groups excluding carboxylic acids is 1. The maximum absolute atomic E-state index is 12.9. The number of carbonyl (C=O) groups is 1. The summed E-state index contributed by atoms with van der Waals surface area (Å²) in [6, 6.07) is 13.0. The van der Waals surface area contributed by atoms with Crippen LogP contribution >= 0.6 is 0 Å². The zero-order chi connectivity index (χ0) is 20.5. The normalized spacial score (nSPS) is 14.2. The average molecular weight is 395 g/mol. The quantitative estimate of drug-likeness (QED) is 0.721. The molecule has 1 aromatic heterocycles. The molecule has 1 aliphatic rings. The van der Waals surface area contributed by atoms with Crippen LogP contribution in [0, 0.1) is 5.92 Å². The van der Waals surface area contributed by atoms with Crippen LogP contribution in [0.3, 0.4) is 0 Å². The second-order valence-electron chi connectivity index (χ2n) is 7.61. The van der Waals surface area contributed by atoms with Crippen LogP contribution in [0.4, 0.5) is 0 Å². The van der Waals surface area contributed by atoms with E-state index in [1.165, 1.54) is 4.57 Å². The topological polar surface area (TPSA) is 74.5 Å². The van der Waals surface area contributed by atoms with Gasteiger partial charge in [-0.3, -0.25) is 13.9 Å². The van der Waals surface area contributed by atoms with Crippen molar-refractivity contribution in [3.05, 3.63) is 58.5 Å².